The molecule has 0 aromatic heterocycles. The van der Waals surface area contributed by atoms with Gasteiger partial charge in [-0.3, -0.25) is 19.8 Å². The van der Waals surface area contributed by atoms with E-state index >= 15 is 0 Å². The van der Waals surface area contributed by atoms with Gasteiger partial charge in [-0.05, 0) is 55.3 Å². The van der Waals surface area contributed by atoms with Crippen LogP contribution in [0.15, 0.2) is 42.5 Å². The van der Waals surface area contributed by atoms with Crippen molar-refractivity contribution in [3.63, 3.8) is 0 Å². The minimum atomic E-state index is -1.84. The lowest BCUT2D eigenvalue weighted by Gasteiger charge is -2.34. The average Bonchev–Trinajstić information content (AvgIpc) is 3.38. The first-order chi connectivity index (χ1) is 16.7. The van der Waals surface area contributed by atoms with Gasteiger partial charge in [0.2, 0.25) is 0 Å². The largest absolute Gasteiger partial charge is 0.384 e. The van der Waals surface area contributed by atoms with Crippen molar-refractivity contribution >= 4 is 34.9 Å². The first kappa shape index (κ1) is 24.3. The highest BCUT2D eigenvalue weighted by molar-refractivity contribution is 6.05. The lowest BCUT2D eigenvalue weighted by atomic mass is 10.1. The molecule has 10 nitrogen and oxygen atoms in total. The summed E-state index contributed by atoms with van der Waals surface area (Å²) >= 11 is 0. The number of nitrogens with two attached hydrogens (primary N) is 1. The molecule has 0 radical (unpaired) electrons. The van der Waals surface area contributed by atoms with Gasteiger partial charge in [0.25, 0.3) is 17.7 Å². The zero-order chi connectivity index (χ0) is 25.1. The van der Waals surface area contributed by atoms with E-state index in [9.17, 15) is 23.9 Å². The Morgan fingerprint density at radius 3 is 2.46 bits per heavy atom. The number of amidine groups is 1. The lowest BCUT2D eigenvalue weighted by Crippen LogP contribution is -2.55. The third-order valence-electron chi connectivity index (χ3n) is 5.98. The number of amides is 3. The third kappa shape index (κ3) is 5.31. The topological polar surface area (TPSA) is 149 Å². The number of hydrogen-bond donors (Lipinski definition) is 4. The van der Waals surface area contributed by atoms with Gasteiger partial charge in [0, 0.05) is 42.1 Å². The number of nitrogen functional groups attached to an aromatic ring is 1. The third-order valence-corrected chi connectivity index (χ3v) is 5.98. The van der Waals surface area contributed by atoms with E-state index in [-0.39, 0.29) is 36.1 Å². The zero-order valence-corrected chi connectivity index (χ0v) is 18.9. The molecule has 2 aliphatic rings. The van der Waals surface area contributed by atoms with Crippen LogP contribution in [0.1, 0.15) is 28.8 Å². The van der Waals surface area contributed by atoms with Crippen molar-refractivity contribution in [2.75, 3.05) is 36.5 Å². The van der Waals surface area contributed by atoms with Gasteiger partial charge in [-0.1, -0.05) is 0 Å². The van der Waals surface area contributed by atoms with Crippen LogP contribution in [0.4, 0.5) is 15.8 Å². The molecule has 35 heavy (non-hydrogen) atoms. The number of rotatable bonds is 6. The number of hydrogen-bond acceptors (Lipinski definition) is 6. The minimum Gasteiger partial charge on any atom is -0.384 e. The van der Waals surface area contributed by atoms with Crippen molar-refractivity contribution in [1.29, 1.82) is 5.41 Å². The summed E-state index contributed by atoms with van der Waals surface area (Å²) in [6.45, 7) is 1.26. The fourth-order valence-electron chi connectivity index (χ4n) is 4.13. The normalized spacial score (nSPS) is 18.9. The van der Waals surface area contributed by atoms with E-state index in [2.05, 4.69) is 5.32 Å². The van der Waals surface area contributed by atoms with Crippen LogP contribution < -0.4 is 16.0 Å². The van der Waals surface area contributed by atoms with Crippen LogP contribution in [0.2, 0.25) is 0 Å². The van der Waals surface area contributed by atoms with Crippen molar-refractivity contribution < 1.29 is 28.6 Å². The molecule has 3 amide bonds. The molecule has 184 valence electrons. The Balaban J connectivity index is 1.48. The van der Waals surface area contributed by atoms with Crippen LogP contribution in [-0.2, 0) is 14.3 Å². The van der Waals surface area contributed by atoms with Gasteiger partial charge in [0.1, 0.15) is 11.7 Å². The summed E-state index contributed by atoms with van der Waals surface area (Å²) in [5.41, 5.74) is 6.48. The fourth-order valence-corrected chi connectivity index (χ4v) is 4.13. The molecule has 5 N–H and O–H groups in total. The summed E-state index contributed by atoms with van der Waals surface area (Å²) in [7, 11) is 0. The quantitative estimate of drug-likeness (QED) is 0.357. The van der Waals surface area contributed by atoms with Gasteiger partial charge in [0.15, 0.2) is 12.2 Å². The van der Waals surface area contributed by atoms with E-state index in [4.69, 9.17) is 15.9 Å². The molecular formula is C24H26FN5O5. The van der Waals surface area contributed by atoms with Crippen LogP contribution >= 0.6 is 0 Å². The van der Waals surface area contributed by atoms with Gasteiger partial charge < -0.3 is 30.7 Å². The number of benzene rings is 2. The van der Waals surface area contributed by atoms with Gasteiger partial charge >= 0.3 is 0 Å². The number of aliphatic hydroxyl groups excluding tert-OH is 1. The maximum Gasteiger partial charge on any atom is 0.259 e. The summed E-state index contributed by atoms with van der Waals surface area (Å²) in [6, 6.07) is 9.76. The number of aliphatic hydroxyl groups is 1. The van der Waals surface area contributed by atoms with Gasteiger partial charge in [-0.15, -0.1) is 0 Å². The molecule has 2 aliphatic heterocycles. The molecule has 1 unspecified atom stereocenters. The highest BCUT2D eigenvalue weighted by Crippen LogP contribution is 2.25. The maximum atomic E-state index is 14.4. The van der Waals surface area contributed by atoms with Crippen LogP contribution in [0.3, 0.4) is 0 Å². The monoisotopic (exact) mass is 483 g/mol. The van der Waals surface area contributed by atoms with Crippen LogP contribution in [0.5, 0.6) is 0 Å². The minimum absolute atomic E-state index is 0.0000265. The molecule has 2 saturated heterocycles. The number of morpholine rings is 1. The Bertz CT molecular complexity index is 1150. The van der Waals surface area contributed by atoms with Gasteiger partial charge in [0.05, 0.1) is 6.61 Å². The van der Waals surface area contributed by atoms with Crippen molar-refractivity contribution in [1.82, 2.24) is 4.90 Å². The van der Waals surface area contributed by atoms with Crippen LogP contribution in [-0.4, -0.2) is 72.0 Å². The Morgan fingerprint density at radius 2 is 1.80 bits per heavy atom. The number of anilines is 2. The average molecular weight is 484 g/mol. The van der Waals surface area contributed by atoms with E-state index in [0.717, 1.165) is 25.0 Å². The molecule has 4 rings (SSSR count). The Morgan fingerprint density at radius 1 is 1.11 bits per heavy atom. The SMILES string of the molecule is N=C(N)c1ccc(NC(=O)C(O)[C@H]2OCCN(c3cc(F)cc(C(=O)N4CCCC4)c3)C2=O)cc1. The van der Waals surface area contributed by atoms with Crippen LogP contribution in [0.25, 0.3) is 0 Å². The Labute approximate surface area is 201 Å². The number of carbonyl (C=O) groups is 3. The van der Waals surface area contributed by atoms with Crippen LogP contribution in [0, 0.1) is 11.2 Å². The molecule has 11 heteroatoms. The lowest BCUT2D eigenvalue weighted by molar-refractivity contribution is -0.150. The number of nitrogens with zero attached hydrogens (tertiary/aromatic N) is 2. The molecule has 0 spiro atoms. The Hall–Kier alpha value is -3.83. The first-order valence-electron chi connectivity index (χ1n) is 11.2. The summed E-state index contributed by atoms with van der Waals surface area (Å²) in [5.74, 6) is -2.71. The van der Waals surface area contributed by atoms with Crippen molar-refractivity contribution in [3.8, 4) is 0 Å². The van der Waals surface area contributed by atoms with Gasteiger partial charge in [-0.2, -0.15) is 0 Å². The molecule has 2 aromatic carbocycles. The molecule has 0 aliphatic carbocycles. The predicted octanol–water partition coefficient (Wildman–Crippen LogP) is 1.08. The number of halogens is 1. The van der Waals surface area contributed by atoms with E-state index in [1.54, 1.807) is 4.90 Å². The smallest absolute Gasteiger partial charge is 0.259 e. The summed E-state index contributed by atoms with van der Waals surface area (Å²) in [6.07, 6.45) is -1.57. The molecule has 0 bridgehead atoms. The summed E-state index contributed by atoms with van der Waals surface area (Å²) in [5, 5.41) is 20.4. The molecular weight excluding hydrogens is 457 g/mol. The maximum absolute atomic E-state index is 14.4. The van der Waals surface area contributed by atoms with Crippen molar-refractivity contribution in [3.05, 3.63) is 59.4 Å². The fraction of sp³-hybridized carbons (Fsp3) is 0.333. The number of carbonyl (C=O) groups excluding carboxylic acids is 3. The van der Waals surface area contributed by atoms with Crippen molar-refractivity contribution in [2.45, 2.75) is 25.0 Å². The zero-order valence-electron chi connectivity index (χ0n) is 18.9. The second-order valence-electron chi connectivity index (χ2n) is 8.40. The van der Waals surface area contributed by atoms with Crippen molar-refractivity contribution in [2.24, 2.45) is 5.73 Å². The van der Waals surface area contributed by atoms with E-state index < -0.39 is 29.8 Å². The summed E-state index contributed by atoms with van der Waals surface area (Å²) < 4.78 is 19.8. The first-order valence-corrected chi connectivity index (χ1v) is 11.2. The number of ether oxygens (including phenoxy) is 1. The molecule has 2 aromatic rings. The van der Waals surface area contributed by atoms with E-state index in [1.165, 1.54) is 35.2 Å². The standard InChI is InChI=1S/C24H26FN5O5/c25-16-11-15(23(33)29-7-1-2-8-29)12-18(13-16)30-9-10-35-20(24(30)34)19(31)22(32)28-17-5-3-14(4-6-17)21(26)27/h3-6,11-13,19-20,31H,1-2,7-10H2,(H3,26,27)(H,28,32)/t19?,20-/m1/s1. The molecule has 2 atom stereocenters. The molecule has 0 saturated carbocycles. The predicted molar refractivity (Wildman–Crippen MR) is 126 cm³/mol. The number of likely N-dealkylation sites (tertiary alicyclic amines) is 1. The molecule has 2 fully saturated rings. The van der Waals surface area contributed by atoms with E-state index in [1.807, 2.05) is 0 Å². The molecule has 2 heterocycles. The highest BCUT2D eigenvalue weighted by atomic mass is 19.1. The van der Waals surface area contributed by atoms with Gasteiger partial charge in [-0.25, -0.2) is 4.39 Å². The summed E-state index contributed by atoms with van der Waals surface area (Å²) in [4.78, 5) is 41.2. The number of nitrogens with one attached hydrogen (secondary N) is 2. The second kappa shape index (κ2) is 10.2. The highest BCUT2D eigenvalue weighted by Gasteiger charge is 2.39. The second-order valence-corrected chi connectivity index (χ2v) is 8.40. The van der Waals surface area contributed by atoms with E-state index in [0.29, 0.717) is 24.3 Å². The Kier molecular flexibility index (Phi) is 7.08.